The smallest absolute Gasteiger partial charge is 0.0715 e. The molecule has 0 spiro atoms. The van der Waals surface area contributed by atoms with Gasteiger partial charge < -0.3 is 0 Å². The summed E-state index contributed by atoms with van der Waals surface area (Å²) in [5.41, 5.74) is 4.35. The van der Waals surface area contributed by atoms with Crippen molar-refractivity contribution < 1.29 is 0 Å². The lowest BCUT2D eigenvalue weighted by Gasteiger charge is -2.23. The molecule has 4 rings (SSSR count). The number of aromatic nitrogens is 2. The molecule has 3 aliphatic carbocycles. The first-order valence-corrected chi connectivity index (χ1v) is 8.61. The molecule has 3 fully saturated rings. The molecule has 1 aromatic rings. The van der Waals surface area contributed by atoms with Gasteiger partial charge in [0.05, 0.1) is 22.4 Å². The zero-order valence-corrected chi connectivity index (χ0v) is 13.7. The molecule has 5 heteroatoms. The molecule has 3 saturated carbocycles. The van der Waals surface area contributed by atoms with Gasteiger partial charge in [-0.3, -0.25) is 16.0 Å². The third kappa shape index (κ3) is 1.69. The Morgan fingerprint density at radius 3 is 2.55 bits per heavy atom. The molecule has 5 unspecified atom stereocenters. The van der Waals surface area contributed by atoms with Gasteiger partial charge >= 0.3 is 0 Å². The molecule has 3 aliphatic rings. The Balaban J connectivity index is 1.66. The molecule has 0 aromatic carbocycles. The minimum atomic E-state index is 0.243. The van der Waals surface area contributed by atoms with E-state index in [0.717, 1.165) is 34.1 Å². The van der Waals surface area contributed by atoms with E-state index in [2.05, 4.69) is 45.0 Å². The first kappa shape index (κ1) is 13.3. The summed E-state index contributed by atoms with van der Waals surface area (Å²) in [6, 6.07) is 0.607. The van der Waals surface area contributed by atoms with E-state index in [0.29, 0.717) is 6.04 Å². The summed E-state index contributed by atoms with van der Waals surface area (Å²) in [4.78, 5) is 0. The highest BCUT2D eigenvalue weighted by molar-refractivity contribution is 9.10. The van der Waals surface area contributed by atoms with Crippen LogP contribution in [0.1, 0.15) is 50.9 Å². The summed E-state index contributed by atoms with van der Waals surface area (Å²) >= 11 is 3.67. The molecule has 20 heavy (non-hydrogen) atoms. The average Bonchev–Trinajstić information content (AvgIpc) is 2.78. The Bertz CT molecular complexity index is 510. The largest absolute Gasteiger partial charge is 0.271 e. The molecule has 0 saturated heterocycles. The molecule has 4 nitrogen and oxygen atoms in total. The summed E-state index contributed by atoms with van der Waals surface area (Å²) in [5.74, 6) is 10.4. The summed E-state index contributed by atoms with van der Waals surface area (Å²) < 4.78 is 3.20. The van der Waals surface area contributed by atoms with Gasteiger partial charge in [-0.1, -0.05) is 0 Å². The minimum Gasteiger partial charge on any atom is -0.271 e. The van der Waals surface area contributed by atoms with Crippen LogP contribution in [0, 0.1) is 29.6 Å². The van der Waals surface area contributed by atoms with Gasteiger partial charge in [0.2, 0.25) is 0 Å². The van der Waals surface area contributed by atoms with E-state index in [1.54, 1.807) is 0 Å². The van der Waals surface area contributed by atoms with Crippen LogP contribution in [0.15, 0.2) is 10.7 Å². The third-order valence-electron chi connectivity index (χ3n) is 5.93. The second kappa shape index (κ2) is 4.55. The van der Waals surface area contributed by atoms with Gasteiger partial charge in [0.15, 0.2) is 0 Å². The number of nitrogens with two attached hydrogens (primary N) is 1. The number of hydrazine groups is 1. The van der Waals surface area contributed by atoms with Crippen LogP contribution in [0.25, 0.3) is 0 Å². The Hall–Kier alpha value is -0.390. The second-order valence-corrected chi connectivity index (χ2v) is 7.98. The highest BCUT2D eigenvalue weighted by atomic mass is 79.9. The molecular formula is C15H23BrN4. The molecular weight excluding hydrogens is 316 g/mol. The number of hydrogen-bond donors (Lipinski definition) is 2. The monoisotopic (exact) mass is 338 g/mol. The lowest BCUT2D eigenvalue weighted by Crippen LogP contribution is -2.33. The van der Waals surface area contributed by atoms with Crippen LogP contribution in [0.2, 0.25) is 0 Å². The lowest BCUT2D eigenvalue weighted by molar-refractivity contribution is 0.348. The fraction of sp³-hybridized carbons (Fsp3) is 0.800. The normalized spacial score (nSPS) is 39.4. The second-order valence-electron chi connectivity index (χ2n) is 7.13. The fourth-order valence-corrected chi connectivity index (χ4v) is 5.78. The van der Waals surface area contributed by atoms with Crippen molar-refractivity contribution >= 4 is 15.9 Å². The van der Waals surface area contributed by atoms with Crippen LogP contribution in [0.4, 0.5) is 0 Å². The maximum atomic E-state index is 5.95. The van der Waals surface area contributed by atoms with Gasteiger partial charge in [-0.05, 0) is 78.6 Å². The zero-order chi connectivity index (χ0) is 14.0. The molecule has 1 heterocycles. The predicted molar refractivity (Wildman–Crippen MR) is 81.7 cm³/mol. The Morgan fingerprint density at radius 1 is 1.35 bits per heavy atom. The van der Waals surface area contributed by atoms with Crippen molar-refractivity contribution in [3.63, 3.8) is 0 Å². The fourth-order valence-electron chi connectivity index (χ4n) is 5.26. The predicted octanol–water partition coefficient (Wildman–Crippen LogP) is 3.02. The SMILES string of the molecule is CC(C)n1ncc(Br)c1C(NN)C1C2C3CCC(C3)C21. The maximum absolute atomic E-state index is 5.95. The van der Waals surface area contributed by atoms with E-state index in [1.807, 2.05) is 6.20 Å². The summed E-state index contributed by atoms with van der Waals surface area (Å²) in [5, 5.41) is 4.52. The number of fused-ring (bicyclic) bond motifs is 5. The number of rotatable bonds is 4. The first-order chi connectivity index (χ1) is 9.63. The van der Waals surface area contributed by atoms with Gasteiger partial charge in [0.25, 0.3) is 0 Å². The minimum absolute atomic E-state index is 0.243. The average molecular weight is 339 g/mol. The number of nitrogens with zero attached hydrogens (tertiary/aromatic N) is 2. The van der Waals surface area contributed by atoms with Crippen LogP contribution in [-0.2, 0) is 0 Å². The van der Waals surface area contributed by atoms with Gasteiger partial charge in [0.1, 0.15) is 0 Å². The molecule has 2 bridgehead atoms. The van der Waals surface area contributed by atoms with Gasteiger partial charge in [-0.25, -0.2) is 0 Å². The van der Waals surface area contributed by atoms with Crippen molar-refractivity contribution in [2.45, 2.75) is 45.2 Å². The van der Waals surface area contributed by atoms with Crippen LogP contribution < -0.4 is 11.3 Å². The van der Waals surface area contributed by atoms with Crippen molar-refractivity contribution in [3.05, 3.63) is 16.4 Å². The van der Waals surface area contributed by atoms with Gasteiger partial charge in [-0.2, -0.15) is 5.10 Å². The molecule has 0 amide bonds. The van der Waals surface area contributed by atoms with E-state index >= 15 is 0 Å². The van der Waals surface area contributed by atoms with Crippen LogP contribution >= 0.6 is 15.9 Å². The number of hydrogen-bond acceptors (Lipinski definition) is 3. The summed E-state index contributed by atoms with van der Waals surface area (Å²) in [6.45, 7) is 4.35. The first-order valence-electron chi connectivity index (χ1n) is 7.82. The van der Waals surface area contributed by atoms with Crippen molar-refractivity contribution in [2.75, 3.05) is 0 Å². The summed E-state index contributed by atoms with van der Waals surface area (Å²) in [7, 11) is 0. The van der Waals surface area contributed by atoms with Crippen LogP contribution in [0.5, 0.6) is 0 Å². The molecule has 0 radical (unpaired) electrons. The number of halogens is 1. The van der Waals surface area contributed by atoms with Crippen LogP contribution in [0.3, 0.4) is 0 Å². The van der Waals surface area contributed by atoms with Crippen molar-refractivity contribution in [3.8, 4) is 0 Å². The van der Waals surface area contributed by atoms with E-state index in [-0.39, 0.29) is 6.04 Å². The Morgan fingerprint density at radius 2 is 2.00 bits per heavy atom. The Kier molecular flexibility index (Phi) is 3.02. The molecule has 3 N–H and O–H groups in total. The lowest BCUT2D eigenvalue weighted by atomic mass is 9.96. The maximum Gasteiger partial charge on any atom is 0.0715 e. The number of nitrogens with one attached hydrogen (secondary N) is 1. The highest BCUT2D eigenvalue weighted by Crippen LogP contribution is 2.72. The van der Waals surface area contributed by atoms with Crippen molar-refractivity contribution in [2.24, 2.45) is 35.4 Å². The topological polar surface area (TPSA) is 55.9 Å². The standard InChI is InChI=1S/C15H23BrN4/c1-7(2)20-15(10(16)6-18-20)14(19-17)13-11-8-3-4-9(5-8)12(11)13/h6-9,11-14,19H,3-5,17H2,1-2H3. The quantitative estimate of drug-likeness (QED) is 0.655. The summed E-state index contributed by atoms with van der Waals surface area (Å²) in [6.07, 6.45) is 6.29. The van der Waals surface area contributed by atoms with Crippen molar-refractivity contribution in [1.82, 2.24) is 15.2 Å². The van der Waals surface area contributed by atoms with E-state index in [4.69, 9.17) is 5.84 Å². The van der Waals surface area contributed by atoms with Gasteiger partial charge in [-0.15, -0.1) is 0 Å². The van der Waals surface area contributed by atoms with E-state index in [1.165, 1.54) is 25.0 Å². The molecule has 5 atom stereocenters. The Labute approximate surface area is 128 Å². The third-order valence-corrected chi connectivity index (χ3v) is 6.54. The molecule has 1 aromatic heterocycles. The molecule has 0 aliphatic heterocycles. The van der Waals surface area contributed by atoms with E-state index in [9.17, 15) is 0 Å². The van der Waals surface area contributed by atoms with Gasteiger partial charge in [0, 0.05) is 6.04 Å². The van der Waals surface area contributed by atoms with E-state index < -0.39 is 0 Å². The van der Waals surface area contributed by atoms with Crippen molar-refractivity contribution in [1.29, 1.82) is 0 Å². The molecule has 110 valence electrons. The highest BCUT2D eigenvalue weighted by Gasteiger charge is 2.67. The van der Waals surface area contributed by atoms with Crippen LogP contribution in [-0.4, -0.2) is 9.78 Å². The zero-order valence-electron chi connectivity index (χ0n) is 12.1.